The molecule has 100 valence electrons. The highest BCUT2D eigenvalue weighted by Crippen LogP contribution is 2.27. The standard InChI is InChI=1S/C16H17BrFN/c1-19-16(10-7-12-5-3-2-4-6-12)14-11-13(18)8-9-15(14)17/h2-6,8-9,11,16,19H,7,10H2,1H3. The fraction of sp³-hybridized carbons (Fsp3) is 0.250. The van der Waals surface area contributed by atoms with E-state index in [0.29, 0.717) is 0 Å². The first-order chi connectivity index (χ1) is 9.20. The van der Waals surface area contributed by atoms with Crippen molar-refractivity contribution < 1.29 is 4.39 Å². The maximum atomic E-state index is 13.4. The van der Waals surface area contributed by atoms with Gasteiger partial charge in [0.2, 0.25) is 0 Å². The molecule has 1 N–H and O–H groups in total. The Hall–Kier alpha value is -1.19. The Kier molecular flexibility index (Phi) is 5.11. The van der Waals surface area contributed by atoms with Crippen LogP contribution in [0.2, 0.25) is 0 Å². The van der Waals surface area contributed by atoms with Gasteiger partial charge in [0.25, 0.3) is 0 Å². The van der Waals surface area contributed by atoms with Gasteiger partial charge in [-0.25, -0.2) is 4.39 Å². The van der Waals surface area contributed by atoms with Crippen LogP contribution in [0.5, 0.6) is 0 Å². The molecule has 0 bridgehead atoms. The van der Waals surface area contributed by atoms with Crippen LogP contribution in [-0.4, -0.2) is 7.05 Å². The molecule has 1 atom stereocenters. The van der Waals surface area contributed by atoms with Crippen molar-refractivity contribution in [3.63, 3.8) is 0 Å². The van der Waals surface area contributed by atoms with Gasteiger partial charge in [0.1, 0.15) is 5.82 Å². The number of halogens is 2. The number of nitrogens with one attached hydrogen (secondary N) is 1. The van der Waals surface area contributed by atoms with Crippen LogP contribution in [0, 0.1) is 5.82 Å². The number of benzene rings is 2. The lowest BCUT2D eigenvalue weighted by Gasteiger charge is -2.18. The second-order valence-electron chi connectivity index (χ2n) is 4.53. The Morgan fingerprint density at radius 3 is 2.58 bits per heavy atom. The summed E-state index contributed by atoms with van der Waals surface area (Å²) in [6, 6.07) is 15.3. The topological polar surface area (TPSA) is 12.0 Å². The van der Waals surface area contributed by atoms with Crippen molar-refractivity contribution >= 4 is 15.9 Å². The van der Waals surface area contributed by atoms with Gasteiger partial charge in [-0.3, -0.25) is 0 Å². The summed E-state index contributed by atoms with van der Waals surface area (Å²) < 4.78 is 14.3. The molecule has 2 rings (SSSR count). The molecule has 0 fully saturated rings. The van der Waals surface area contributed by atoms with Crippen LogP contribution in [0.3, 0.4) is 0 Å². The summed E-state index contributed by atoms with van der Waals surface area (Å²) in [5.74, 6) is -0.196. The molecule has 2 aromatic rings. The van der Waals surface area contributed by atoms with Crippen molar-refractivity contribution in [1.82, 2.24) is 5.32 Å². The minimum atomic E-state index is -0.196. The third-order valence-corrected chi connectivity index (χ3v) is 3.97. The first-order valence-corrected chi connectivity index (χ1v) is 7.16. The lowest BCUT2D eigenvalue weighted by Crippen LogP contribution is -2.17. The molecule has 3 heteroatoms. The van der Waals surface area contributed by atoms with Gasteiger partial charge < -0.3 is 5.32 Å². The van der Waals surface area contributed by atoms with E-state index in [1.165, 1.54) is 11.6 Å². The van der Waals surface area contributed by atoms with Crippen LogP contribution < -0.4 is 5.32 Å². The zero-order valence-corrected chi connectivity index (χ0v) is 12.5. The first kappa shape index (κ1) is 14.2. The Labute approximate surface area is 122 Å². The van der Waals surface area contributed by atoms with E-state index in [1.807, 2.05) is 25.2 Å². The third kappa shape index (κ3) is 3.88. The van der Waals surface area contributed by atoms with Crippen molar-refractivity contribution in [2.75, 3.05) is 7.05 Å². The van der Waals surface area contributed by atoms with Crippen molar-refractivity contribution in [1.29, 1.82) is 0 Å². The molecule has 0 heterocycles. The van der Waals surface area contributed by atoms with E-state index in [0.717, 1.165) is 22.9 Å². The smallest absolute Gasteiger partial charge is 0.123 e. The van der Waals surface area contributed by atoms with Crippen LogP contribution in [0.25, 0.3) is 0 Å². The second-order valence-corrected chi connectivity index (χ2v) is 5.39. The summed E-state index contributed by atoms with van der Waals surface area (Å²) in [4.78, 5) is 0. The summed E-state index contributed by atoms with van der Waals surface area (Å²) in [6.45, 7) is 0. The predicted octanol–water partition coefficient (Wildman–Crippen LogP) is 4.48. The summed E-state index contributed by atoms with van der Waals surface area (Å²) in [7, 11) is 1.91. The van der Waals surface area contributed by atoms with Crippen molar-refractivity contribution in [3.05, 3.63) is 69.9 Å². The Balaban J connectivity index is 2.10. The quantitative estimate of drug-likeness (QED) is 0.856. The zero-order valence-electron chi connectivity index (χ0n) is 10.9. The number of hydrogen-bond donors (Lipinski definition) is 1. The largest absolute Gasteiger partial charge is 0.313 e. The van der Waals surface area contributed by atoms with Crippen LogP contribution in [0.4, 0.5) is 4.39 Å². The molecule has 0 aromatic heterocycles. The molecule has 0 aliphatic rings. The lowest BCUT2D eigenvalue weighted by atomic mass is 9.99. The molecule has 0 aliphatic heterocycles. The van der Waals surface area contributed by atoms with Gasteiger partial charge in [0.15, 0.2) is 0 Å². The van der Waals surface area contributed by atoms with Crippen molar-refractivity contribution in [2.24, 2.45) is 0 Å². The van der Waals surface area contributed by atoms with Crippen LogP contribution >= 0.6 is 15.9 Å². The number of rotatable bonds is 5. The van der Waals surface area contributed by atoms with E-state index in [-0.39, 0.29) is 11.9 Å². The van der Waals surface area contributed by atoms with E-state index >= 15 is 0 Å². The SMILES string of the molecule is CNC(CCc1ccccc1)c1cc(F)ccc1Br. The Bertz CT molecular complexity index is 528. The molecular weight excluding hydrogens is 305 g/mol. The highest BCUT2D eigenvalue weighted by molar-refractivity contribution is 9.10. The fourth-order valence-corrected chi connectivity index (χ4v) is 2.72. The summed E-state index contributed by atoms with van der Waals surface area (Å²) in [5.41, 5.74) is 2.27. The fourth-order valence-electron chi connectivity index (χ4n) is 2.19. The van der Waals surface area contributed by atoms with Gasteiger partial charge in [0.05, 0.1) is 0 Å². The van der Waals surface area contributed by atoms with E-state index in [4.69, 9.17) is 0 Å². The van der Waals surface area contributed by atoms with E-state index in [9.17, 15) is 4.39 Å². The summed E-state index contributed by atoms with van der Waals surface area (Å²) >= 11 is 3.49. The molecule has 1 unspecified atom stereocenters. The van der Waals surface area contributed by atoms with E-state index in [1.54, 1.807) is 12.1 Å². The minimum absolute atomic E-state index is 0.144. The minimum Gasteiger partial charge on any atom is -0.313 e. The van der Waals surface area contributed by atoms with Crippen LogP contribution in [0.1, 0.15) is 23.6 Å². The van der Waals surface area contributed by atoms with Crippen LogP contribution in [0.15, 0.2) is 53.0 Å². The Morgan fingerprint density at radius 2 is 1.89 bits per heavy atom. The molecule has 0 saturated carbocycles. The number of aryl methyl sites for hydroxylation is 1. The average Bonchev–Trinajstić information content (AvgIpc) is 2.44. The normalized spacial score (nSPS) is 12.4. The highest BCUT2D eigenvalue weighted by Gasteiger charge is 2.13. The van der Waals surface area contributed by atoms with Crippen molar-refractivity contribution in [3.8, 4) is 0 Å². The summed E-state index contributed by atoms with van der Waals surface area (Å²) in [6.07, 6.45) is 1.90. The zero-order chi connectivity index (χ0) is 13.7. The van der Waals surface area contributed by atoms with Gasteiger partial charge in [0, 0.05) is 10.5 Å². The van der Waals surface area contributed by atoms with Gasteiger partial charge in [-0.2, -0.15) is 0 Å². The van der Waals surface area contributed by atoms with Crippen molar-refractivity contribution in [2.45, 2.75) is 18.9 Å². The first-order valence-electron chi connectivity index (χ1n) is 6.37. The third-order valence-electron chi connectivity index (χ3n) is 3.25. The predicted molar refractivity (Wildman–Crippen MR) is 80.7 cm³/mol. The monoisotopic (exact) mass is 321 g/mol. The van der Waals surface area contributed by atoms with Crippen LogP contribution in [-0.2, 0) is 6.42 Å². The average molecular weight is 322 g/mol. The molecule has 0 spiro atoms. The van der Waals surface area contributed by atoms with E-state index < -0.39 is 0 Å². The molecule has 2 aromatic carbocycles. The Morgan fingerprint density at radius 1 is 1.16 bits per heavy atom. The molecule has 19 heavy (non-hydrogen) atoms. The molecule has 0 aliphatic carbocycles. The van der Waals surface area contributed by atoms with Gasteiger partial charge >= 0.3 is 0 Å². The summed E-state index contributed by atoms with van der Waals surface area (Å²) in [5, 5.41) is 3.26. The molecule has 0 radical (unpaired) electrons. The lowest BCUT2D eigenvalue weighted by molar-refractivity contribution is 0.540. The number of hydrogen-bond acceptors (Lipinski definition) is 1. The highest BCUT2D eigenvalue weighted by atomic mass is 79.9. The molecule has 0 amide bonds. The molecular formula is C16H17BrFN. The molecule has 0 saturated heterocycles. The van der Waals surface area contributed by atoms with Gasteiger partial charge in [-0.1, -0.05) is 46.3 Å². The second kappa shape index (κ2) is 6.83. The maximum Gasteiger partial charge on any atom is 0.123 e. The van der Waals surface area contributed by atoms with E-state index in [2.05, 4.69) is 33.4 Å². The molecule has 1 nitrogen and oxygen atoms in total. The maximum absolute atomic E-state index is 13.4. The van der Waals surface area contributed by atoms with Gasteiger partial charge in [-0.15, -0.1) is 0 Å². The van der Waals surface area contributed by atoms with Gasteiger partial charge in [-0.05, 0) is 49.2 Å².